The zero-order chi connectivity index (χ0) is 19.6. The van der Waals surface area contributed by atoms with Gasteiger partial charge in [-0.1, -0.05) is 41.5 Å². The lowest BCUT2D eigenvalue weighted by Crippen LogP contribution is -2.17. The van der Waals surface area contributed by atoms with Gasteiger partial charge in [0.05, 0.1) is 16.3 Å². The van der Waals surface area contributed by atoms with Crippen LogP contribution in [0.4, 0.5) is 0 Å². The van der Waals surface area contributed by atoms with Crippen molar-refractivity contribution in [3.05, 3.63) is 34.8 Å². The molecular weight excluding hydrogens is 350 g/mol. The van der Waals surface area contributed by atoms with Crippen LogP contribution in [0.3, 0.4) is 0 Å². The standard InChI is InChI=1S/C20H34O3P2/c1-19(2,3)15-11-14(12-16(18(15)21)20(4,5)6)13-17(22-24(7)8)23-25(9)10/h11-13,21H,1-10H3. The number of phenols is 1. The third-order valence-corrected chi connectivity index (χ3v) is 4.67. The molecule has 0 aliphatic rings. The molecule has 0 saturated carbocycles. The molecule has 1 N–H and O–H groups in total. The molecule has 0 fully saturated rings. The molecule has 0 radical (unpaired) electrons. The minimum atomic E-state index is -0.566. The van der Waals surface area contributed by atoms with E-state index in [4.69, 9.17) is 9.05 Å². The van der Waals surface area contributed by atoms with Crippen LogP contribution in [-0.4, -0.2) is 31.8 Å². The quantitative estimate of drug-likeness (QED) is 0.457. The van der Waals surface area contributed by atoms with Crippen molar-refractivity contribution < 1.29 is 14.2 Å². The van der Waals surface area contributed by atoms with Gasteiger partial charge in [0.15, 0.2) is 0 Å². The summed E-state index contributed by atoms with van der Waals surface area (Å²) in [6, 6.07) is 4.08. The second-order valence-electron chi connectivity index (χ2n) is 8.74. The Hall–Kier alpha value is -0.780. The Balaban J connectivity index is 3.55. The van der Waals surface area contributed by atoms with Gasteiger partial charge in [0, 0.05) is 17.2 Å². The number of hydrogen-bond donors (Lipinski definition) is 1. The first-order chi connectivity index (χ1) is 11.2. The zero-order valence-corrected chi connectivity index (χ0v) is 19.2. The Kier molecular flexibility index (Phi) is 7.37. The maximum absolute atomic E-state index is 10.8. The molecule has 25 heavy (non-hydrogen) atoms. The molecule has 0 saturated heterocycles. The van der Waals surface area contributed by atoms with Gasteiger partial charge < -0.3 is 14.2 Å². The summed E-state index contributed by atoms with van der Waals surface area (Å²) in [5.74, 6) is 0.958. The second-order valence-corrected chi connectivity index (χ2v) is 12.3. The SMILES string of the molecule is CP(C)OC(=Cc1cc(C(C)(C)C)c(O)c(C(C)(C)C)c1)OP(C)C. The van der Waals surface area contributed by atoms with Crippen LogP contribution in [0.25, 0.3) is 6.08 Å². The fourth-order valence-electron chi connectivity index (χ4n) is 2.45. The molecule has 3 nitrogen and oxygen atoms in total. The summed E-state index contributed by atoms with van der Waals surface area (Å²) >= 11 is 0. The van der Waals surface area contributed by atoms with Crippen LogP contribution < -0.4 is 0 Å². The first kappa shape index (κ1) is 22.3. The van der Waals surface area contributed by atoms with Gasteiger partial charge in [-0.25, -0.2) is 0 Å². The molecule has 0 aromatic heterocycles. The van der Waals surface area contributed by atoms with Crippen LogP contribution in [0.2, 0.25) is 0 Å². The highest BCUT2D eigenvalue weighted by atomic mass is 31.1. The Labute approximate surface area is 156 Å². The van der Waals surface area contributed by atoms with E-state index >= 15 is 0 Å². The molecule has 0 atom stereocenters. The van der Waals surface area contributed by atoms with Crippen molar-refractivity contribution in [2.75, 3.05) is 26.7 Å². The van der Waals surface area contributed by atoms with E-state index in [0.29, 0.717) is 11.7 Å². The molecule has 1 rings (SSSR count). The molecule has 1 aromatic carbocycles. The van der Waals surface area contributed by atoms with Gasteiger partial charge >= 0.3 is 0 Å². The Morgan fingerprint density at radius 1 is 0.840 bits per heavy atom. The summed E-state index contributed by atoms with van der Waals surface area (Å²) < 4.78 is 11.8. The van der Waals surface area contributed by atoms with E-state index in [1.807, 2.05) is 18.2 Å². The van der Waals surface area contributed by atoms with Crippen molar-refractivity contribution in [2.45, 2.75) is 52.4 Å². The van der Waals surface area contributed by atoms with Gasteiger partial charge in [0.2, 0.25) is 0 Å². The van der Waals surface area contributed by atoms with Crippen molar-refractivity contribution in [1.29, 1.82) is 0 Å². The molecule has 142 valence electrons. The van der Waals surface area contributed by atoms with Gasteiger partial charge in [0.25, 0.3) is 5.95 Å². The van der Waals surface area contributed by atoms with Gasteiger partial charge in [-0.05, 0) is 55.2 Å². The minimum Gasteiger partial charge on any atom is -0.507 e. The molecule has 0 amide bonds. The highest BCUT2D eigenvalue weighted by Crippen LogP contribution is 2.42. The summed E-state index contributed by atoms with van der Waals surface area (Å²) in [5.41, 5.74) is 2.57. The highest BCUT2D eigenvalue weighted by molar-refractivity contribution is 7.51. The third kappa shape index (κ3) is 6.80. The fraction of sp³-hybridized carbons (Fsp3) is 0.600. The van der Waals surface area contributed by atoms with E-state index in [0.717, 1.165) is 16.7 Å². The van der Waals surface area contributed by atoms with E-state index in [1.165, 1.54) is 0 Å². The molecule has 0 unspecified atom stereocenters. The Morgan fingerprint density at radius 3 is 1.48 bits per heavy atom. The minimum absolute atomic E-state index is 0.153. The van der Waals surface area contributed by atoms with Crippen molar-refractivity contribution in [1.82, 2.24) is 0 Å². The van der Waals surface area contributed by atoms with Gasteiger partial charge in [-0.15, -0.1) is 0 Å². The highest BCUT2D eigenvalue weighted by Gasteiger charge is 2.26. The average Bonchev–Trinajstić information content (AvgIpc) is 2.36. The van der Waals surface area contributed by atoms with Crippen LogP contribution in [0, 0.1) is 0 Å². The number of phenolic OH excluding ortho intramolecular Hbond substituents is 1. The van der Waals surface area contributed by atoms with Crippen molar-refractivity contribution in [3.63, 3.8) is 0 Å². The lowest BCUT2D eigenvalue weighted by molar-refractivity contribution is 0.271. The number of benzene rings is 1. The number of rotatable bonds is 5. The predicted molar refractivity (Wildman–Crippen MR) is 113 cm³/mol. The summed E-state index contributed by atoms with van der Waals surface area (Å²) in [6.45, 7) is 20.9. The topological polar surface area (TPSA) is 38.7 Å². The first-order valence-electron chi connectivity index (χ1n) is 8.52. The van der Waals surface area contributed by atoms with Crippen molar-refractivity contribution in [2.24, 2.45) is 0 Å². The van der Waals surface area contributed by atoms with E-state index in [1.54, 1.807) is 0 Å². The molecule has 0 aliphatic carbocycles. The fourth-order valence-corrected chi connectivity index (χ4v) is 3.41. The van der Waals surface area contributed by atoms with Gasteiger partial charge in [-0.3, -0.25) is 0 Å². The van der Waals surface area contributed by atoms with Crippen LogP contribution in [0.15, 0.2) is 18.1 Å². The van der Waals surface area contributed by atoms with Gasteiger partial charge in [0.1, 0.15) is 5.75 Å². The molecule has 1 aromatic rings. The van der Waals surface area contributed by atoms with E-state index in [9.17, 15) is 5.11 Å². The first-order valence-corrected chi connectivity index (χ1v) is 12.8. The molecule has 0 bridgehead atoms. The van der Waals surface area contributed by atoms with Crippen LogP contribution >= 0.6 is 16.3 Å². The summed E-state index contributed by atoms with van der Waals surface area (Å²) in [7, 11) is -1.13. The maximum atomic E-state index is 10.8. The summed E-state index contributed by atoms with van der Waals surface area (Å²) in [5, 5.41) is 10.8. The lowest BCUT2D eigenvalue weighted by Gasteiger charge is -2.28. The monoisotopic (exact) mass is 384 g/mol. The van der Waals surface area contributed by atoms with Crippen LogP contribution in [0.1, 0.15) is 58.2 Å². The molecule has 5 heteroatoms. The van der Waals surface area contributed by atoms with Crippen molar-refractivity contribution >= 4 is 22.4 Å². The number of aromatic hydroxyl groups is 1. The largest absolute Gasteiger partial charge is 0.507 e. The summed E-state index contributed by atoms with van der Waals surface area (Å²) in [4.78, 5) is 0. The molecule has 0 aliphatic heterocycles. The lowest BCUT2D eigenvalue weighted by atomic mass is 9.78. The Bertz CT molecular complexity index is 574. The molecule has 0 spiro atoms. The van der Waals surface area contributed by atoms with Crippen LogP contribution in [-0.2, 0) is 19.9 Å². The van der Waals surface area contributed by atoms with E-state index in [-0.39, 0.29) is 10.8 Å². The van der Waals surface area contributed by atoms with Crippen molar-refractivity contribution in [3.8, 4) is 5.75 Å². The molecule has 0 heterocycles. The Morgan fingerprint density at radius 2 is 1.20 bits per heavy atom. The predicted octanol–water partition coefficient (Wildman–Crippen LogP) is 6.63. The molecular formula is C20H34O3P2. The smallest absolute Gasteiger partial charge is 0.285 e. The van der Waals surface area contributed by atoms with Crippen LogP contribution in [0.5, 0.6) is 5.75 Å². The average molecular weight is 384 g/mol. The normalized spacial score (nSPS) is 12.5. The van der Waals surface area contributed by atoms with E-state index < -0.39 is 16.3 Å². The van der Waals surface area contributed by atoms with Gasteiger partial charge in [-0.2, -0.15) is 0 Å². The van der Waals surface area contributed by atoms with E-state index in [2.05, 4.69) is 68.2 Å². The zero-order valence-electron chi connectivity index (χ0n) is 17.4. The third-order valence-electron chi connectivity index (χ3n) is 3.58. The maximum Gasteiger partial charge on any atom is 0.285 e. The summed E-state index contributed by atoms with van der Waals surface area (Å²) in [6.07, 6.45) is 1.95. The number of hydrogen-bond acceptors (Lipinski definition) is 3. The second kappa shape index (κ2) is 8.28.